The summed E-state index contributed by atoms with van der Waals surface area (Å²) in [6, 6.07) is 21.9. The Morgan fingerprint density at radius 2 is 1.61 bits per heavy atom. The number of nitro benzene ring substituents is 1. The number of hydrogen-bond acceptors (Lipinski definition) is 6. The molecule has 2 aliphatic rings. The number of rotatable bonds is 5. The molecule has 33 heavy (non-hydrogen) atoms. The first-order valence-corrected chi connectivity index (χ1v) is 10.7. The minimum absolute atomic E-state index is 0.00925. The van der Waals surface area contributed by atoms with E-state index in [4.69, 9.17) is 16.4 Å². The molecule has 2 aliphatic heterocycles. The minimum atomic E-state index is -1.03. The number of hydrogen-bond donors (Lipinski definition) is 0. The summed E-state index contributed by atoms with van der Waals surface area (Å²) >= 11 is 6.01. The number of fused-ring (bicyclic) bond motifs is 1. The minimum Gasteiger partial charge on any atom is -0.275 e. The summed E-state index contributed by atoms with van der Waals surface area (Å²) in [5, 5.41) is 13.0. The smallest absolute Gasteiger partial charge is 0.275 e. The molecule has 3 atom stereocenters. The fraction of sp³-hybridized carbons (Fsp3) is 0.167. The van der Waals surface area contributed by atoms with Crippen molar-refractivity contribution in [1.29, 1.82) is 0 Å². The number of amides is 2. The van der Waals surface area contributed by atoms with Crippen molar-refractivity contribution in [2.24, 2.45) is 5.92 Å². The van der Waals surface area contributed by atoms with Gasteiger partial charge in [0.25, 0.3) is 11.6 Å². The van der Waals surface area contributed by atoms with E-state index in [1.165, 1.54) is 22.1 Å². The molecule has 166 valence electrons. The van der Waals surface area contributed by atoms with Crippen molar-refractivity contribution in [3.8, 4) is 0 Å². The Morgan fingerprint density at radius 3 is 2.27 bits per heavy atom. The summed E-state index contributed by atoms with van der Waals surface area (Å²) in [5.41, 5.74) is 1.64. The first-order chi connectivity index (χ1) is 16.0. The molecule has 9 heteroatoms. The van der Waals surface area contributed by atoms with Crippen LogP contribution in [0.5, 0.6) is 0 Å². The molecule has 0 unspecified atom stereocenters. The molecule has 2 amide bonds. The molecule has 0 saturated carbocycles. The summed E-state index contributed by atoms with van der Waals surface area (Å²) in [6.07, 6.45) is -1.03. The van der Waals surface area contributed by atoms with Gasteiger partial charge in [0.2, 0.25) is 5.91 Å². The number of nitrogens with zero attached hydrogens (tertiary/aromatic N) is 3. The SMILES string of the molecule is O=C1[C@H]2[C@H](ON(c3ccccc3)[C@H]2c2ccc(Cl)c([N+](=O)[O-])c2)C(=O)N1Cc1ccccc1. The monoisotopic (exact) mass is 463 g/mol. The van der Waals surface area contributed by atoms with Crippen molar-refractivity contribution in [2.45, 2.75) is 18.7 Å². The van der Waals surface area contributed by atoms with Gasteiger partial charge in [-0.15, -0.1) is 0 Å². The van der Waals surface area contributed by atoms with Crippen molar-refractivity contribution in [3.05, 3.63) is 105 Å². The number of carbonyl (C=O) groups excluding carboxylic acids is 2. The molecule has 0 radical (unpaired) electrons. The van der Waals surface area contributed by atoms with Gasteiger partial charge in [-0.2, -0.15) is 0 Å². The van der Waals surface area contributed by atoms with Gasteiger partial charge >= 0.3 is 0 Å². The van der Waals surface area contributed by atoms with Crippen LogP contribution in [0.25, 0.3) is 0 Å². The Hall–Kier alpha value is -3.75. The molecule has 8 nitrogen and oxygen atoms in total. The lowest BCUT2D eigenvalue weighted by atomic mass is 9.90. The lowest BCUT2D eigenvalue weighted by Crippen LogP contribution is -2.36. The molecule has 0 aromatic heterocycles. The highest BCUT2D eigenvalue weighted by atomic mass is 35.5. The van der Waals surface area contributed by atoms with E-state index in [9.17, 15) is 19.7 Å². The van der Waals surface area contributed by atoms with Gasteiger partial charge in [0, 0.05) is 6.07 Å². The Kier molecular flexibility index (Phi) is 5.32. The van der Waals surface area contributed by atoms with Gasteiger partial charge in [0.15, 0.2) is 6.10 Å². The van der Waals surface area contributed by atoms with Crippen LogP contribution in [0.15, 0.2) is 78.9 Å². The van der Waals surface area contributed by atoms with Crippen LogP contribution in [0.2, 0.25) is 5.02 Å². The maximum Gasteiger partial charge on any atom is 0.288 e. The number of imide groups is 1. The normalized spacial score (nSPS) is 22.0. The van der Waals surface area contributed by atoms with Crippen molar-refractivity contribution in [1.82, 2.24) is 4.90 Å². The number of anilines is 1. The van der Waals surface area contributed by atoms with Crippen LogP contribution < -0.4 is 5.06 Å². The lowest BCUT2D eigenvalue weighted by Gasteiger charge is -2.28. The maximum atomic E-state index is 13.5. The van der Waals surface area contributed by atoms with E-state index in [-0.39, 0.29) is 23.2 Å². The van der Waals surface area contributed by atoms with Crippen LogP contribution >= 0.6 is 11.6 Å². The van der Waals surface area contributed by atoms with E-state index < -0.39 is 28.9 Å². The zero-order valence-corrected chi connectivity index (χ0v) is 18.0. The number of para-hydroxylation sites is 1. The third kappa shape index (κ3) is 3.63. The molecule has 2 heterocycles. The lowest BCUT2D eigenvalue weighted by molar-refractivity contribution is -0.384. The highest BCUT2D eigenvalue weighted by Gasteiger charge is 2.59. The Labute approximate surface area is 194 Å². The average Bonchev–Trinajstić information content (AvgIpc) is 3.33. The highest BCUT2D eigenvalue weighted by Crippen LogP contribution is 2.47. The van der Waals surface area contributed by atoms with Crippen molar-refractivity contribution in [3.63, 3.8) is 0 Å². The molecule has 0 aliphatic carbocycles. The van der Waals surface area contributed by atoms with E-state index in [1.807, 2.05) is 36.4 Å². The number of carbonyl (C=O) groups is 2. The zero-order valence-electron chi connectivity index (χ0n) is 17.2. The quantitative estimate of drug-likeness (QED) is 0.318. The molecule has 5 rings (SSSR count). The summed E-state index contributed by atoms with van der Waals surface area (Å²) in [4.78, 5) is 44.8. The molecule has 3 aromatic carbocycles. The van der Waals surface area contributed by atoms with Gasteiger partial charge < -0.3 is 0 Å². The zero-order chi connectivity index (χ0) is 23.1. The summed E-state index contributed by atoms with van der Waals surface area (Å²) < 4.78 is 0. The van der Waals surface area contributed by atoms with E-state index in [2.05, 4.69) is 0 Å². The number of halogens is 1. The largest absolute Gasteiger partial charge is 0.288 e. The van der Waals surface area contributed by atoms with Crippen molar-refractivity contribution < 1.29 is 19.3 Å². The van der Waals surface area contributed by atoms with E-state index in [0.29, 0.717) is 11.3 Å². The third-order valence-electron chi connectivity index (χ3n) is 5.91. The fourth-order valence-corrected chi connectivity index (χ4v) is 4.57. The number of likely N-dealkylation sites (tertiary alicyclic amines) is 1. The van der Waals surface area contributed by atoms with Crippen LogP contribution in [0.3, 0.4) is 0 Å². The first kappa shape index (κ1) is 21.1. The van der Waals surface area contributed by atoms with Gasteiger partial charge in [-0.3, -0.25) is 29.4 Å². The van der Waals surface area contributed by atoms with Crippen LogP contribution in [0.4, 0.5) is 11.4 Å². The maximum absolute atomic E-state index is 13.5. The van der Waals surface area contributed by atoms with Gasteiger partial charge in [0.1, 0.15) is 10.9 Å². The predicted molar refractivity (Wildman–Crippen MR) is 120 cm³/mol. The second kappa shape index (κ2) is 8.31. The van der Waals surface area contributed by atoms with E-state index >= 15 is 0 Å². The molecule has 2 saturated heterocycles. The van der Waals surface area contributed by atoms with Crippen molar-refractivity contribution in [2.75, 3.05) is 5.06 Å². The molecule has 3 aromatic rings. The summed E-state index contributed by atoms with van der Waals surface area (Å²) in [5.74, 6) is -1.67. The van der Waals surface area contributed by atoms with Gasteiger partial charge in [-0.1, -0.05) is 66.2 Å². The predicted octanol–water partition coefficient (Wildman–Crippen LogP) is 4.29. The molecule has 0 spiro atoms. The first-order valence-electron chi connectivity index (χ1n) is 10.3. The van der Waals surface area contributed by atoms with Crippen LogP contribution in [0.1, 0.15) is 17.2 Å². The topological polar surface area (TPSA) is 93.0 Å². The second-order valence-corrected chi connectivity index (χ2v) is 8.28. The summed E-state index contributed by atoms with van der Waals surface area (Å²) in [6.45, 7) is 0.133. The Morgan fingerprint density at radius 1 is 0.939 bits per heavy atom. The average molecular weight is 464 g/mol. The molecule has 2 fully saturated rings. The Balaban J connectivity index is 1.56. The number of hydroxylamine groups is 1. The van der Waals surface area contributed by atoms with Crippen molar-refractivity contribution >= 4 is 34.8 Å². The highest BCUT2D eigenvalue weighted by molar-refractivity contribution is 6.32. The Bertz CT molecular complexity index is 1240. The second-order valence-electron chi connectivity index (χ2n) is 7.87. The van der Waals surface area contributed by atoms with Gasteiger partial charge in [0.05, 0.1) is 23.2 Å². The molecule has 0 bridgehead atoms. The number of nitro groups is 1. The van der Waals surface area contributed by atoms with Gasteiger partial charge in [-0.05, 0) is 29.3 Å². The molecule has 0 N–H and O–H groups in total. The fourth-order valence-electron chi connectivity index (χ4n) is 4.38. The van der Waals surface area contributed by atoms with Gasteiger partial charge in [-0.25, -0.2) is 5.06 Å². The standard InChI is InChI=1S/C24H18ClN3O5/c25-18-12-11-16(13-19(18)28(31)32)21-20-22(33-27(21)17-9-5-2-6-10-17)24(30)26(23(20)29)14-15-7-3-1-4-8-15/h1-13,20-22H,14H2/t20-,21+,22+/m1/s1. The van der Waals surface area contributed by atoms with Crippen LogP contribution in [0, 0.1) is 16.0 Å². The molecular weight excluding hydrogens is 446 g/mol. The van der Waals surface area contributed by atoms with E-state index in [1.54, 1.807) is 30.3 Å². The number of benzene rings is 3. The third-order valence-corrected chi connectivity index (χ3v) is 6.23. The van der Waals surface area contributed by atoms with E-state index in [0.717, 1.165) is 5.56 Å². The summed E-state index contributed by atoms with van der Waals surface area (Å²) in [7, 11) is 0. The molecular formula is C24H18ClN3O5. The van der Waals surface area contributed by atoms with Crippen LogP contribution in [-0.2, 0) is 21.0 Å². The van der Waals surface area contributed by atoms with Crippen LogP contribution in [-0.4, -0.2) is 27.7 Å².